The molecule has 9 heteroatoms. The van der Waals surface area contributed by atoms with E-state index in [2.05, 4.69) is 10.1 Å². The summed E-state index contributed by atoms with van der Waals surface area (Å²) < 4.78 is 40.4. The lowest BCUT2D eigenvalue weighted by Crippen LogP contribution is -2.33. The number of aromatic nitrogens is 3. The minimum absolute atomic E-state index is 0.0875. The summed E-state index contributed by atoms with van der Waals surface area (Å²) in [6.07, 6.45) is 0.833. The smallest absolute Gasteiger partial charge is 0.208 e. The molecule has 2 atom stereocenters. The number of ether oxygens (including phenoxy) is 2. The number of halogens is 2. The summed E-state index contributed by atoms with van der Waals surface area (Å²) in [6.45, 7) is -0.133. The SMILES string of the molecule is Cn1ncnc1SCC1(c2ccc(F)cc2F)OCC(CO)O1. The lowest BCUT2D eigenvalue weighted by Gasteiger charge is -2.28. The van der Waals surface area contributed by atoms with Gasteiger partial charge in [0.05, 0.1) is 19.0 Å². The number of nitrogens with zero attached hydrogens (tertiary/aromatic N) is 3. The monoisotopic (exact) mass is 343 g/mol. The van der Waals surface area contributed by atoms with Crippen LogP contribution in [0.15, 0.2) is 29.7 Å². The molecule has 2 aromatic rings. The Labute approximate surface area is 135 Å². The molecular weight excluding hydrogens is 328 g/mol. The molecule has 3 rings (SSSR count). The first-order chi connectivity index (χ1) is 11.0. The van der Waals surface area contributed by atoms with E-state index in [0.717, 1.165) is 12.1 Å². The maximum Gasteiger partial charge on any atom is 0.208 e. The van der Waals surface area contributed by atoms with E-state index in [-0.39, 0.29) is 24.5 Å². The summed E-state index contributed by atoms with van der Waals surface area (Å²) in [4.78, 5) is 4.08. The van der Waals surface area contributed by atoms with Crippen molar-refractivity contribution in [3.8, 4) is 0 Å². The quantitative estimate of drug-likeness (QED) is 0.829. The van der Waals surface area contributed by atoms with Gasteiger partial charge in [0.15, 0.2) is 5.16 Å². The van der Waals surface area contributed by atoms with Gasteiger partial charge in [0.1, 0.15) is 24.1 Å². The summed E-state index contributed by atoms with van der Waals surface area (Å²) >= 11 is 1.27. The van der Waals surface area contributed by atoms with Gasteiger partial charge in [-0.25, -0.2) is 18.4 Å². The topological polar surface area (TPSA) is 69.4 Å². The van der Waals surface area contributed by atoms with Gasteiger partial charge in [0.25, 0.3) is 0 Å². The van der Waals surface area contributed by atoms with E-state index in [4.69, 9.17) is 9.47 Å². The van der Waals surface area contributed by atoms with E-state index < -0.39 is 23.5 Å². The molecule has 1 N–H and O–H groups in total. The maximum absolute atomic E-state index is 14.2. The molecule has 1 fully saturated rings. The van der Waals surface area contributed by atoms with Gasteiger partial charge >= 0.3 is 0 Å². The molecule has 0 radical (unpaired) electrons. The van der Waals surface area contributed by atoms with Gasteiger partial charge in [0, 0.05) is 18.7 Å². The van der Waals surface area contributed by atoms with Gasteiger partial charge in [-0.3, -0.25) is 0 Å². The van der Waals surface area contributed by atoms with Crippen molar-refractivity contribution in [2.24, 2.45) is 7.05 Å². The number of aliphatic hydroxyl groups is 1. The van der Waals surface area contributed by atoms with E-state index in [1.165, 1.54) is 24.2 Å². The molecule has 23 heavy (non-hydrogen) atoms. The molecule has 1 aromatic carbocycles. The second-order valence-electron chi connectivity index (χ2n) is 5.07. The van der Waals surface area contributed by atoms with Crippen LogP contribution < -0.4 is 0 Å². The Kier molecular flexibility index (Phi) is 4.62. The summed E-state index contributed by atoms with van der Waals surface area (Å²) in [5.41, 5.74) is 0.0875. The third-order valence-corrected chi connectivity index (χ3v) is 4.62. The first-order valence-corrected chi connectivity index (χ1v) is 7.87. The van der Waals surface area contributed by atoms with Crippen LogP contribution >= 0.6 is 11.8 Å². The van der Waals surface area contributed by atoms with E-state index >= 15 is 0 Å². The second kappa shape index (κ2) is 6.52. The van der Waals surface area contributed by atoms with Crippen molar-refractivity contribution in [2.45, 2.75) is 17.0 Å². The molecule has 0 spiro atoms. The molecule has 2 unspecified atom stereocenters. The van der Waals surface area contributed by atoms with Crippen molar-refractivity contribution < 1.29 is 23.4 Å². The molecule has 1 aromatic heterocycles. The van der Waals surface area contributed by atoms with Crippen LogP contribution in [0.2, 0.25) is 0 Å². The summed E-state index contributed by atoms with van der Waals surface area (Å²) in [5.74, 6) is -2.68. The first kappa shape index (κ1) is 16.3. The van der Waals surface area contributed by atoms with Crippen molar-refractivity contribution >= 4 is 11.8 Å². The van der Waals surface area contributed by atoms with Crippen LogP contribution in [-0.4, -0.2) is 44.9 Å². The average Bonchev–Trinajstić information content (AvgIpc) is 3.12. The number of aliphatic hydroxyl groups excluding tert-OH is 1. The number of aryl methyl sites for hydroxylation is 1. The average molecular weight is 343 g/mol. The first-order valence-electron chi connectivity index (χ1n) is 6.89. The van der Waals surface area contributed by atoms with Gasteiger partial charge in [-0.05, 0) is 12.1 Å². The molecule has 6 nitrogen and oxygen atoms in total. The van der Waals surface area contributed by atoms with Crippen molar-refractivity contribution in [1.82, 2.24) is 14.8 Å². The van der Waals surface area contributed by atoms with E-state index in [1.54, 1.807) is 11.7 Å². The van der Waals surface area contributed by atoms with Crippen molar-refractivity contribution in [3.63, 3.8) is 0 Å². The molecule has 1 aliphatic rings. The maximum atomic E-state index is 14.2. The van der Waals surface area contributed by atoms with E-state index in [9.17, 15) is 13.9 Å². The molecule has 0 amide bonds. The molecule has 1 saturated heterocycles. The van der Waals surface area contributed by atoms with Crippen LogP contribution in [-0.2, 0) is 22.3 Å². The minimum Gasteiger partial charge on any atom is -0.394 e. The standard InChI is InChI=1S/C14H15F2N3O3S/c1-19-13(17-8-18-19)23-7-14(21-6-10(5-20)22-14)11-3-2-9(15)4-12(11)16/h2-4,8,10,20H,5-7H2,1H3. The molecule has 124 valence electrons. The van der Waals surface area contributed by atoms with Crippen LogP contribution in [0.1, 0.15) is 5.56 Å². The third kappa shape index (κ3) is 3.23. The number of hydrogen-bond donors (Lipinski definition) is 1. The molecule has 1 aliphatic heterocycles. The summed E-state index contributed by atoms with van der Waals surface area (Å²) in [7, 11) is 1.73. The lowest BCUT2D eigenvalue weighted by atomic mass is 10.1. The fourth-order valence-corrected chi connectivity index (χ4v) is 3.31. The predicted octanol–water partition coefficient (Wildman–Crippen LogP) is 1.45. The summed E-state index contributed by atoms with van der Waals surface area (Å²) in [5, 5.41) is 13.8. The Morgan fingerprint density at radius 1 is 1.48 bits per heavy atom. The van der Waals surface area contributed by atoms with Crippen LogP contribution in [0, 0.1) is 11.6 Å². The van der Waals surface area contributed by atoms with Crippen LogP contribution in [0.25, 0.3) is 0 Å². The van der Waals surface area contributed by atoms with E-state index in [0.29, 0.717) is 5.16 Å². The summed E-state index contributed by atoms with van der Waals surface area (Å²) in [6, 6.07) is 3.22. The molecular formula is C14H15F2N3O3S. The highest BCUT2D eigenvalue weighted by Crippen LogP contribution is 2.39. The third-order valence-electron chi connectivity index (χ3n) is 3.47. The number of thioether (sulfide) groups is 1. The van der Waals surface area contributed by atoms with Gasteiger partial charge in [-0.1, -0.05) is 11.8 Å². The number of hydrogen-bond acceptors (Lipinski definition) is 6. The van der Waals surface area contributed by atoms with Gasteiger partial charge in [-0.2, -0.15) is 5.10 Å². The zero-order valence-corrected chi connectivity index (χ0v) is 13.1. The normalized spacial score (nSPS) is 24.3. The largest absolute Gasteiger partial charge is 0.394 e. The van der Waals surface area contributed by atoms with Crippen LogP contribution in [0.5, 0.6) is 0 Å². The minimum atomic E-state index is -1.41. The van der Waals surface area contributed by atoms with E-state index in [1.807, 2.05) is 0 Å². The second-order valence-corrected chi connectivity index (χ2v) is 6.01. The molecule has 0 saturated carbocycles. The fourth-order valence-electron chi connectivity index (χ4n) is 2.32. The zero-order valence-electron chi connectivity index (χ0n) is 12.3. The Bertz CT molecular complexity index is 700. The van der Waals surface area contributed by atoms with Gasteiger partial charge < -0.3 is 14.6 Å². The Hall–Kier alpha value is -1.55. The Morgan fingerprint density at radius 3 is 2.91 bits per heavy atom. The molecule has 0 bridgehead atoms. The number of rotatable bonds is 5. The molecule has 0 aliphatic carbocycles. The fraction of sp³-hybridized carbons (Fsp3) is 0.429. The van der Waals surface area contributed by atoms with Crippen molar-refractivity contribution in [2.75, 3.05) is 19.0 Å². The Balaban J connectivity index is 1.90. The van der Waals surface area contributed by atoms with Crippen molar-refractivity contribution in [1.29, 1.82) is 0 Å². The van der Waals surface area contributed by atoms with Gasteiger partial charge in [-0.15, -0.1) is 0 Å². The van der Waals surface area contributed by atoms with Crippen LogP contribution in [0.3, 0.4) is 0 Å². The zero-order chi connectivity index (χ0) is 16.4. The number of benzene rings is 1. The lowest BCUT2D eigenvalue weighted by molar-refractivity contribution is -0.163. The highest BCUT2D eigenvalue weighted by Gasteiger charge is 2.45. The highest BCUT2D eigenvalue weighted by molar-refractivity contribution is 7.99. The Morgan fingerprint density at radius 2 is 2.30 bits per heavy atom. The predicted molar refractivity (Wildman–Crippen MR) is 77.7 cm³/mol. The van der Waals surface area contributed by atoms with Crippen molar-refractivity contribution in [3.05, 3.63) is 41.7 Å². The highest BCUT2D eigenvalue weighted by atomic mass is 32.2. The molecule has 2 heterocycles. The van der Waals surface area contributed by atoms with Gasteiger partial charge in [0.2, 0.25) is 5.79 Å². The van der Waals surface area contributed by atoms with Crippen LogP contribution in [0.4, 0.5) is 8.78 Å².